The van der Waals surface area contributed by atoms with E-state index in [4.69, 9.17) is 0 Å². The summed E-state index contributed by atoms with van der Waals surface area (Å²) in [4.78, 5) is 0. The van der Waals surface area contributed by atoms with Gasteiger partial charge in [-0.05, 0) is 12.0 Å². The van der Waals surface area contributed by atoms with E-state index in [1.165, 1.54) is 6.08 Å². The van der Waals surface area contributed by atoms with Gasteiger partial charge in [-0.1, -0.05) is 18.7 Å². The summed E-state index contributed by atoms with van der Waals surface area (Å²) >= 11 is 0. The highest BCUT2D eigenvalue weighted by atomic mass is 19.2. The van der Waals surface area contributed by atoms with Gasteiger partial charge >= 0.3 is 0 Å². The molecule has 0 unspecified atom stereocenters. The molecule has 0 saturated carbocycles. The molecule has 0 nitrogen and oxygen atoms in total. The lowest BCUT2D eigenvalue weighted by atomic mass is 10.1. The van der Waals surface area contributed by atoms with Gasteiger partial charge in [0.2, 0.25) is 0 Å². The Bertz CT molecular complexity index is 457. The van der Waals surface area contributed by atoms with E-state index in [1.807, 2.05) is 0 Å². The Morgan fingerprint density at radius 1 is 1.00 bits per heavy atom. The van der Waals surface area contributed by atoms with Crippen LogP contribution in [0.4, 0.5) is 17.6 Å². The molecule has 0 radical (unpaired) electrons. The van der Waals surface area contributed by atoms with Crippen LogP contribution in [0.1, 0.15) is 17.5 Å². The largest absolute Gasteiger partial charge is 0.203 e. The predicted octanol–water partition coefficient (Wildman–Crippen LogP) is 3.67. The number of hydrogen-bond donors (Lipinski definition) is 0. The lowest BCUT2D eigenvalue weighted by molar-refractivity contribution is 0.448. The Hall–Kier alpha value is -1.58. The van der Waals surface area contributed by atoms with E-state index in [2.05, 4.69) is 6.58 Å². The highest BCUT2D eigenvalue weighted by Gasteiger charge is 2.28. The van der Waals surface area contributed by atoms with Crippen molar-refractivity contribution >= 4 is 11.6 Å². The van der Waals surface area contributed by atoms with Crippen LogP contribution >= 0.6 is 0 Å². The van der Waals surface area contributed by atoms with Crippen molar-refractivity contribution in [1.82, 2.24) is 0 Å². The normalized spacial score (nSPS) is 13.7. The quantitative estimate of drug-likeness (QED) is 0.520. The van der Waals surface area contributed by atoms with Gasteiger partial charge in [-0.25, -0.2) is 17.6 Å². The Kier molecular flexibility index (Phi) is 2.14. The maximum Gasteiger partial charge on any atom is 0.170 e. The molecule has 0 spiro atoms. The molecule has 1 aromatic carbocycles. The molecule has 0 atom stereocenters. The Labute approximate surface area is 83.5 Å². The van der Waals surface area contributed by atoms with Crippen LogP contribution in [-0.2, 0) is 0 Å². The van der Waals surface area contributed by atoms with Crippen LogP contribution in [0.15, 0.2) is 12.7 Å². The minimum absolute atomic E-state index is 0.290. The second-order valence-corrected chi connectivity index (χ2v) is 3.18. The zero-order chi connectivity index (χ0) is 11.2. The number of rotatable bonds is 2. The topological polar surface area (TPSA) is 0 Å². The molecule has 1 aromatic rings. The Morgan fingerprint density at radius 3 is 1.80 bits per heavy atom. The van der Waals surface area contributed by atoms with Crippen molar-refractivity contribution in [2.75, 3.05) is 0 Å². The van der Waals surface area contributed by atoms with Crippen molar-refractivity contribution in [2.24, 2.45) is 0 Å². The average molecular weight is 214 g/mol. The lowest BCUT2D eigenvalue weighted by Crippen LogP contribution is -2.03. The number of benzene rings is 1. The van der Waals surface area contributed by atoms with Gasteiger partial charge in [-0.3, -0.25) is 0 Å². The van der Waals surface area contributed by atoms with Crippen molar-refractivity contribution < 1.29 is 17.6 Å². The van der Waals surface area contributed by atoms with Crippen LogP contribution in [-0.4, -0.2) is 0 Å². The number of hydrogen-bond acceptors (Lipinski definition) is 0. The predicted molar refractivity (Wildman–Crippen MR) is 49.0 cm³/mol. The zero-order valence-corrected chi connectivity index (χ0v) is 7.58. The van der Waals surface area contributed by atoms with Crippen LogP contribution in [0, 0.1) is 23.3 Å². The first-order valence-electron chi connectivity index (χ1n) is 4.25. The molecule has 0 saturated heterocycles. The SMILES string of the molecule is C=Cc1c(F)c(F)c(C2=CC2)c(F)c1F. The van der Waals surface area contributed by atoms with Crippen molar-refractivity contribution in [3.8, 4) is 0 Å². The molecule has 0 aliphatic heterocycles. The maximum atomic E-state index is 13.3. The van der Waals surface area contributed by atoms with E-state index in [1.54, 1.807) is 0 Å². The van der Waals surface area contributed by atoms with Crippen LogP contribution in [0.25, 0.3) is 11.6 Å². The van der Waals surface area contributed by atoms with Gasteiger partial charge < -0.3 is 0 Å². The summed E-state index contributed by atoms with van der Waals surface area (Å²) in [6.45, 7) is 3.10. The van der Waals surface area contributed by atoms with Crippen molar-refractivity contribution in [3.05, 3.63) is 47.1 Å². The van der Waals surface area contributed by atoms with Gasteiger partial charge in [0, 0.05) is 0 Å². The number of allylic oxidation sites excluding steroid dienone is 2. The van der Waals surface area contributed by atoms with Gasteiger partial charge in [-0.2, -0.15) is 0 Å². The molecule has 0 N–H and O–H groups in total. The third kappa shape index (κ3) is 1.37. The Balaban J connectivity index is 2.78. The first-order valence-corrected chi connectivity index (χ1v) is 4.25. The molecule has 0 bridgehead atoms. The zero-order valence-electron chi connectivity index (χ0n) is 7.58. The highest BCUT2D eigenvalue weighted by molar-refractivity contribution is 5.78. The van der Waals surface area contributed by atoms with E-state index in [0.717, 1.165) is 6.08 Å². The standard InChI is InChI=1S/C11H6F4/c1-2-6-8(12)10(14)7(5-3-4-5)11(15)9(6)13/h2-3H,1,4H2. The van der Waals surface area contributed by atoms with Gasteiger partial charge in [0.15, 0.2) is 23.3 Å². The van der Waals surface area contributed by atoms with Crippen LogP contribution < -0.4 is 0 Å². The summed E-state index contributed by atoms with van der Waals surface area (Å²) in [7, 11) is 0. The fraction of sp³-hybridized carbons (Fsp3) is 0.0909. The lowest BCUT2D eigenvalue weighted by Gasteiger charge is -2.07. The molecule has 0 amide bonds. The van der Waals surface area contributed by atoms with E-state index in [9.17, 15) is 17.6 Å². The molecule has 1 aliphatic carbocycles. The van der Waals surface area contributed by atoms with Crippen LogP contribution in [0.3, 0.4) is 0 Å². The summed E-state index contributed by atoms with van der Waals surface area (Å²) < 4.78 is 53.0. The fourth-order valence-corrected chi connectivity index (χ4v) is 1.36. The van der Waals surface area contributed by atoms with Gasteiger partial charge in [0.05, 0.1) is 11.1 Å². The second kappa shape index (κ2) is 3.22. The molecule has 0 fully saturated rings. The molecule has 2 rings (SSSR count). The third-order valence-electron chi connectivity index (χ3n) is 2.23. The van der Waals surface area contributed by atoms with E-state index >= 15 is 0 Å². The average Bonchev–Trinajstić information content (AvgIpc) is 3.00. The maximum absolute atomic E-state index is 13.3. The van der Waals surface area contributed by atoms with E-state index < -0.39 is 34.4 Å². The molecular formula is C11H6F4. The van der Waals surface area contributed by atoms with Crippen LogP contribution in [0.5, 0.6) is 0 Å². The summed E-state index contributed by atoms with van der Waals surface area (Å²) in [5.41, 5.74) is -1.08. The molecule has 0 aromatic heterocycles. The van der Waals surface area contributed by atoms with Crippen molar-refractivity contribution in [2.45, 2.75) is 6.42 Å². The molecular weight excluding hydrogens is 208 g/mol. The van der Waals surface area contributed by atoms with Gasteiger partial charge in [0.25, 0.3) is 0 Å². The molecule has 78 valence electrons. The van der Waals surface area contributed by atoms with Crippen molar-refractivity contribution in [3.63, 3.8) is 0 Å². The molecule has 1 aliphatic rings. The summed E-state index contributed by atoms with van der Waals surface area (Å²) in [5, 5.41) is 0. The summed E-state index contributed by atoms with van der Waals surface area (Å²) in [6.07, 6.45) is 2.61. The van der Waals surface area contributed by atoms with Crippen LogP contribution in [0.2, 0.25) is 0 Å². The minimum Gasteiger partial charge on any atom is -0.203 e. The molecule has 0 heterocycles. The molecule has 4 heteroatoms. The summed E-state index contributed by atoms with van der Waals surface area (Å²) in [5.74, 6) is -5.50. The van der Waals surface area contributed by atoms with Crippen molar-refractivity contribution in [1.29, 1.82) is 0 Å². The highest BCUT2D eigenvalue weighted by Crippen LogP contribution is 2.37. The van der Waals surface area contributed by atoms with Gasteiger partial charge in [-0.15, -0.1) is 0 Å². The van der Waals surface area contributed by atoms with Gasteiger partial charge in [0.1, 0.15) is 0 Å². The first kappa shape index (κ1) is 9.96. The minimum atomic E-state index is -1.40. The Morgan fingerprint density at radius 2 is 1.47 bits per heavy atom. The monoisotopic (exact) mass is 214 g/mol. The number of halogens is 4. The smallest absolute Gasteiger partial charge is 0.170 e. The summed E-state index contributed by atoms with van der Waals surface area (Å²) in [6, 6.07) is 0. The fourth-order valence-electron chi connectivity index (χ4n) is 1.36. The second-order valence-electron chi connectivity index (χ2n) is 3.18. The first-order chi connectivity index (χ1) is 7.07. The van der Waals surface area contributed by atoms with E-state index in [0.29, 0.717) is 12.0 Å². The third-order valence-corrected chi connectivity index (χ3v) is 2.23. The molecule has 15 heavy (non-hydrogen) atoms. The van der Waals surface area contributed by atoms with E-state index in [-0.39, 0.29) is 0 Å².